The molecule has 0 aliphatic heterocycles. The first-order chi connectivity index (χ1) is 37.9. The summed E-state index contributed by atoms with van der Waals surface area (Å²) in [6.45, 7) is 9.29. The fourth-order valence-corrected chi connectivity index (χ4v) is 10.3. The van der Waals surface area contributed by atoms with Gasteiger partial charge in [-0.2, -0.15) is 0 Å². The summed E-state index contributed by atoms with van der Waals surface area (Å²) in [6, 6.07) is 0. The van der Waals surface area contributed by atoms with E-state index in [-0.39, 0.29) is 25.7 Å². The van der Waals surface area contributed by atoms with Gasteiger partial charge in [-0.1, -0.05) is 241 Å². The standard InChI is InChI=1S/C60H116O17P2/c1-7-11-13-15-16-17-18-19-20-21-22-23-32-38-44-59(64)76-56(49-71-58(63)43-37-31-26-24-29-34-40-52(5)9-3)51-75-79(68,69)73-47-54(61)46-72-78(66,67)74-50-55(48-70-57(62)42-36-28-14-12-8-2)77-60(65)45-39-33-27-25-30-35-41-53(6)10-4/h52-56,61H,7-51H2,1-6H3,(H,66,67)(H,68,69)/t52?,53?,54-,55+,56+/m0/s1. The number of carbonyl (C=O) groups is 4. The number of esters is 4. The van der Waals surface area contributed by atoms with Crippen LogP contribution in [0.3, 0.4) is 0 Å². The lowest BCUT2D eigenvalue weighted by Gasteiger charge is -2.21. The van der Waals surface area contributed by atoms with Crippen LogP contribution in [-0.4, -0.2) is 96.7 Å². The van der Waals surface area contributed by atoms with E-state index < -0.39 is 97.5 Å². The second-order valence-electron chi connectivity index (χ2n) is 22.2. The van der Waals surface area contributed by atoms with E-state index in [2.05, 4.69) is 41.5 Å². The molecule has 0 rings (SSSR count). The summed E-state index contributed by atoms with van der Waals surface area (Å²) in [4.78, 5) is 71.8. The Morgan fingerprint density at radius 2 is 0.608 bits per heavy atom. The van der Waals surface area contributed by atoms with Crippen molar-refractivity contribution in [3.63, 3.8) is 0 Å². The van der Waals surface area contributed by atoms with Crippen LogP contribution in [0.1, 0.15) is 292 Å². The molecule has 0 aliphatic carbocycles. The lowest BCUT2D eigenvalue weighted by molar-refractivity contribution is -0.161. The maximum Gasteiger partial charge on any atom is 0.472 e. The molecule has 0 aromatic heterocycles. The van der Waals surface area contributed by atoms with Gasteiger partial charge in [0.15, 0.2) is 12.2 Å². The van der Waals surface area contributed by atoms with Gasteiger partial charge in [-0.3, -0.25) is 37.3 Å². The lowest BCUT2D eigenvalue weighted by Crippen LogP contribution is -2.30. The number of aliphatic hydroxyl groups is 1. The van der Waals surface area contributed by atoms with E-state index in [1.165, 1.54) is 96.3 Å². The molecule has 0 heterocycles. The Morgan fingerprint density at radius 3 is 0.899 bits per heavy atom. The first-order valence-corrected chi connectivity index (χ1v) is 34.6. The second-order valence-corrected chi connectivity index (χ2v) is 25.1. The predicted molar refractivity (Wildman–Crippen MR) is 312 cm³/mol. The maximum atomic E-state index is 12.9. The first-order valence-electron chi connectivity index (χ1n) is 31.6. The largest absolute Gasteiger partial charge is 0.472 e. The Hall–Kier alpha value is -1.94. The Labute approximate surface area is 479 Å². The van der Waals surface area contributed by atoms with Crippen molar-refractivity contribution in [2.24, 2.45) is 11.8 Å². The summed E-state index contributed by atoms with van der Waals surface area (Å²) in [7, 11) is -9.87. The van der Waals surface area contributed by atoms with Gasteiger partial charge in [-0.15, -0.1) is 0 Å². The van der Waals surface area contributed by atoms with Crippen molar-refractivity contribution in [3.05, 3.63) is 0 Å². The van der Waals surface area contributed by atoms with Crippen LogP contribution in [0.15, 0.2) is 0 Å². The third-order valence-corrected chi connectivity index (χ3v) is 16.3. The molecule has 7 atom stereocenters. The molecule has 4 unspecified atom stereocenters. The van der Waals surface area contributed by atoms with Gasteiger partial charge in [-0.05, 0) is 37.5 Å². The van der Waals surface area contributed by atoms with Gasteiger partial charge in [0.05, 0.1) is 26.4 Å². The average Bonchev–Trinajstić information content (AvgIpc) is 3.42. The van der Waals surface area contributed by atoms with Gasteiger partial charge in [0.25, 0.3) is 0 Å². The summed E-state index contributed by atoms with van der Waals surface area (Å²) in [6.07, 6.45) is 33.8. The predicted octanol–water partition coefficient (Wildman–Crippen LogP) is 16.1. The van der Waals surface area contributed by atoms with Crippen LogP contribution in [0.4, 0.5) is 0 Å². The molecule has 468 valence electrons. The van der Waals surface area contributed by atoms with Crippen molar-refractivity contribution in [3.8, 4) is 0 Å². The molecule has 3 N–H and O–H groups in total. The van der Waals surface area contributed by atoms with Crippen LogP contribution in [-0.2, 0) is 65.4 Å². The summed E-state index contributed by atoms with van der Waals surface area (Å²) in [5.41, 5.74) is 0. The highest BCUT2D eigenvalue weighted by molar-refractivity contribution is 7.47. The zero-order valence-electron chi connectivity index (χ0n) is 50.7. The van der Waals surface area contributed by atoms with E-state index in [0.29, 0.717) is 25.7 Å². The molecule has 0 aliphatic rings. The van der Waals surface area contributed by atoms with E-state index in [9.17, 15) is 43.2 Å². The molecule has 0 aromatic rings. The van der Waals surface area contributed by atoms with Gasteiger partial charge in [0.1, 0.15) is 19.3 Å². The van der Waals surface area contributed by atoms with Gasteiger partial charge < -0.3 is 33.8 Å². The van der Waals surface area contributed by atoms with Crippen molar-refractivity contribution in [1.29, 1.82) is 0 Å². The zero-order valence-corrected chi connectivity index (χ0v) is 52.4. The monoisotopic (exact) mass is 1170 g/mol. The number of hydrogen-bond acceptors (Lipinski definition) is 15. The molecule has 0 bridgehead atoms. The van der Waals surface area contributed by atoms with E-state index in [0.717, 1.165) is 115 Å². The first kappa shape index (κ1) is 77.1. The summed E-state index contributed by atoms with van der Waals surface area (Å²) < 4.78 is 67.6. The SMILES string of the molecule is CCCCCCCCCCCCCCCCC(=O)O[C@H](COC(=O)CCCCCCCCC(C)CC)COP(=O)(O)OC[C@@H](O)COP(=O)(O)OC[C@@H](COC(=O)CCCCCCC)OC(=O)CCCCCCCCC(C)CC. The minimum Gasteiger partial charge on any atom is -0.462 e. The molecule has 19 heteroatoms. The number of unbranched alkanes of at least 4 members (excludes halogenated alkanes) is 27. The highest BCUT2D eigenvalue weighted by Gasteiger charge is 2.30. The summed E-state index contributed by atoms with van der Waals surface area (Å²) in [5.74, 6) is -0.701. The van der Waals surface area contributed by atoms with Gasteiger partial charge in [0.2, 0.25) is 0 Å². The molecule has 0 fully saturated rings. The van der Waals surface area contributed by atoms with Crippen molar-refractivity contribution in [2.45, 2.75) is 310 Å². The van der Waals surface area contributed by atoms with E-state index >= 15 is 0 Å². The topological polar surface area (TPSA) is 237 Å². The molecular formula is C60H116O17P2. The Balaban J connectivity index is 5.19. The Morgan fingerprint density at radius 1 is 0.354 bits per heavy atom. The smallest absolute Gasteiger partial charge is 0.462 e. The maximum absolute atomic E-state index is 12.9. The highest BCUT2D eigenvalue weighted by Crippen LogP contribution is 2.45. The highest BCUT2D eigenvalue weighted by atomic mass is 31.2. The lowest BCUT2D eigenvalue weighted by atomic mass is 10.00. The van der Waals surface area contributed by atoms with Crippen LogP contribution in [0.5, 0.6) is 0 Å². The van der Waals surface area contributed by atoms with Crippen LogP contribution in [0.2, 0.25) is 0 Å². The van der Waals surface area contributed by atoms with E-state index in [4.69, 9.17) is 37.0 Å². The zero-order chi connectivity index (χ0) is 58.7. The van der Waals surface area contributed by atoms with Crippen molar-refractivity contribution < 1.29 is 80.2 Å². The summed E-state index contributed by atoms with van der Waals surface area (Å²) >= 11 is 0. The van der Waals surface area contributed by atoms with Crippen LogP contribution in [0.25, 0.3) is 0 Å². The van der Waals surface area contributed by atoms with Gasteiger partial charge in [0, 0.05) is 25.7 Å². The van der Waals surface area contributed by atoms with E-state index in [1.807, 2.05) is 0 Å². The summed E-state index contributed by atoms with van der Waals surface area (Å²) in [5, 5.41) is 10.5. The van der Waals surface area contributed by atoms with Crippen molar-refractivity contribution in [2.75, 3.05) is 39.6 Å². The molecule has 0 spiro atoms. The number of phosphoric acid groups is 2. The number of aliphatic hydroxyl groups excluding tert-OH is 1. The third-order valence-electron chi connectivity index (χ3n) is 14.4. The minimum atomic E-state index is -4.94. The van der Waals surface area contributed by atoms with Crippen molar-refractivity contribution >= 4 is 39.5 Å². The normalized spacial score (nSPS) is 15.1. The fraction of sp³-hybridized carbons (Fsp3) is 0.933. The molecule has 79 heavy (non-hydrogen) atoms. The number of phosphoric ester groups is 2. The quantitative estimate of drug-likeness (QED) is 0.0222. The minimum absolute atomic E-state index is 0.102. The Kier molecular flexibility index (Phi) is 51.5. The number of hydrogen-bond donors (Lipinski definition) is 3. The van der Waals surface area contributed by atoms with Crippen molar-refractivity contribution in [1.82, 2.24) is 0 Å². The molecular weight excluding hydrogens is 1050 g/mol. The fourth-order valence-electron chi connectivity index (χ4n) is 8.76. The van der Waals surface area contributed by atoms with Gasteiger partial charge >= 0.3 is 39.5 Å². The molecule has 0 aromatic carbocycles. The van der Waals surface area contributed by atoms with Crippen LogP contribution >= 0.6 is 15.6 Å². The molecule has 17 nitrogen and oxygen atoms in total. The third kappa shape index (κ3) is 52.6. The van der Waals surface area contributed by atoms with E-state index in [1.54, 1.807) is 0 Å². The van der Waals surface area contributed by atoms with Crippen LogP contribution in [0, 0.1) is 11.8 Å². The number of ether oxygens (including phenoxy) is 4. The molecule has 0 radical (unpaired) electrons. The number of carbonyl (C=O) groups excluding carboxylic acids is 4. The average molecular weight is 1170 g/mol. The van der Waals surface area contributed by atoms with Crippen LogP contribution < -0.4 is 0 Å². The molecule has 0 saturated heterocycles. The number of rotatable bonds is 59. The molecule has 0 amide bonds. The second kappa shape index (κ2) is 52.8. The molecule has 0 saturated carbocycles. The van der Waals surface area contributed by atoms with Gasteiger partial charge in [-0.25, -0.2) is 9.13 Å². The Bertz CT molecular complexity index is 1570.